The molecule has 29 heavy (non-hydrogen) atoms. The number of benzene rings is 1. The van der Waals surface area contributed by atoms with Crippen LogP contribution in [0.5, 0.6) is 0 Å². The van der Waals surface area contributed by atoms with E-state index in [0.29, 0.717) is 5.69 Å². The monoisotopic (exact) mass is 445 g/mol. The molecular formula is C19H19ClF3N3O2S. The number of nitrogens with zero attached hydrogens (tertiary/aromatic N) is 2. The van der Waals surface area contributed by atoms with Crippen LogP contribution in [0, 0.1) is 0 Å². The molecule has 1 fully saturated rings. The highest BCUT2D eigenvalue weighted by Gasteiger charge is 2.40. The normalized spacial score (nSPS) is 18.3. The fourth-order valence-electron chi connectivity index (χ4n) is 3.09. The molecule has 10 heteroatoms. The average Bonchev–Trinajstić information content (AvgIpc) is 2.69. The summed E-state index contributed by atoms with van der Waals surface area (Å²) in [5.41, 5.74) is -1.19. The van der Waals surface area contributed by atoms with Gasteiger partial charge in [-0.15, -0.1) is 0 Å². The third-order valence-corrected chi connectivity index (χ3v) is 6.77. The first-order valence-corrected chi connectivity index (χ1v) is 10.9. The fourth-order valence-corrected chi connectivity index (χ4v) is 4.18. The molecule has 5 nitrogen and oxygen atoms in total. The molecule has 1 aromatic carbocycles. The zero-order valence-corrected chi connectivity index (χ0v) is 16.9. The lowest BCUT2D eigenvalue weighted by molar-refractivity contribution is 0.0684. The molecule has 3 rings (SSSR count). The van der Waals surface area contributed by atoms with Crippen molar-refractivity contribution in [1.29, 1.82) is 0 Å². The van der Waals surface area contributed by atoms with E-state index in [1.54, 1.807) is 12.1 Å². The van der Waals surface area contributed by atoms with Gasteiger partial charge in [0, 0.05) is 42.7 Å². The second-order valence-corrected chi connectivity index (χ2v) is 9.42. The van der Waals surface area contributed by atoms with E-state index in [1.807, 2.05) is 0 Å². The minimum absolute atomic E-state index is 0.0496. The molecule has 0 bridgehead atoms. The van der Waals surface area contributed by atoms with Gasteiger partial charge in [0.05, 0.1) is 20.2 Å². The first kappa shape index (κ1) is 21.4. The topological polar surface area (TPSA) is 62.3 Å². The molecule has 1 unspecified atom stereocenters. The Balaban J connectivity index is 1.62. The molecule has 156 valence electrons. The van der Waals surface area contributed by atoms with Gasteiger partial charge in [-0.3, -0.25) is 9.19 Å². The SMILES string of the molecule is C=S(=O)(c1ccc(NC(=O)N2CCC(F)(c3ncccc3Cl)CC2)cc1)C(F)F. The summed E-state index contributed by atoms with van der Waals surface area (Å²) in [6, 6.07) is 7.97. The van der Waals surface area contributed by atoms with Crippen molar-refractivity contribution in [2.24, 2.45) is 0 Å². The van der Waals surface area contributed by atoms with E-state index in [2.05, 4.69) is 16.2 Å². The van der Waals surface area contributed by atoms with Gasteiger partial charge >= 0.3 is 11.8 Å². The Morgan fingerprint density at radius 3 is 2.41 bits per heavy atom. The van der Waals surface area contributed by atoms with Crippen molar-refractivity contribution in [1.82, 2.24) is 9.88 Å². The van der Waals surface area contributed by atoms with Crippen molar-refractivity contribution in [3.63, 3.8) is 0 Å². The molecule has 0 radical (unpaired) electrons. The summed E-state index contributed by atoms with van der Waals surface area (Å²) in [6.45, 7) is 0.316. The third kappa shape index (κ3) is 4.51. The second-order valence-electron chi connectivity index (χ2n) is 6.73. The molecule has 1 aliphatic rings. The Hall–Kier alpha value is -2.26. The van der Waals surface area contributed by atoms with E-state index in [0.717, 1.165) is 0 Å². The molecule has 0 spiro atoms. The molecule has 0 saturated carbocycles. The highest BCUT2D eigenvalue weighted by atomic mass is 35.5. The number of carbonyl (C=O) groups excluding carboxylic acids is 1. The second kappa shape index (κ2) is 8.23. The van der Waals surface area contributed by atoms with E-state index in [1.165, 1.54) is 35.4 Å². The van der Waals surface area contributed by atoms with Crippen LogP contribution in [-0.4, -0.2) is 44.8 Å². The van der Waals surface area contributed by atoms with Gasteiger partial charge in [0.15, 0.2) is 5.67 Å². The molecule has 1 atom stereocenters. The summed E-state index contributed by atoms with van der Waals surface area (Å²) in [4.78, 5) is 17.8. The molecule has 1 saturated heterocycles. The minimum atomic E-state index is -3.70. The van der Waals surface area contributed by atoms with E-state index in [-0.39, 0.29) is 41.5 Å². The number of halogens is 4. The third-order valence-electron chi connectivity index (χ3n) is 4.82. The van der Waals surface area contributed by atoms with Crippen molar-refractivity contribution in [2.75, 3.05) is 18.4 Å². The lowest BCUT2D eigenvalue weighted by Gasteiger charge is -2.36. The largest absolute Gasteiger partial charge is 0.324 e. The van der Waals surface area contributed by atoms with Crippen LogP contribution in [0.15, 0.2) is 47.5 Å². The van der Waals surface area contributed by atoms with E-state index in [9.17, 15) is 17.8 Å². The number of likely N-dealkylation sites (tertiary alicyclic amines) is 1. The van der Waals surface area contributed by atoms with Crippen LogP contribution >= 0.6 is 11.6 Å². The minimum Gasteiger partial charge on any atom is -0.324 e. The van der Waals surface area contributed by atoms with Gasteiger partial charge in [-0.2, -0.15) is 8.78 Å². The lowest BCUT2D eigenvalue weighted by Crippen LogP contribution is -2.45. The number of carbonyl (C=O) groups is 1. The van der Waals surface area contributed by atoms with Crippen molar-refractivity contribution in [3.05, 3.63) is 53.3 Å². The lowest BCUT2D eigenvalue weighted by atomic mass is 9.89. The van der Waals surface area contributed by atoms with Crippen LogP contribution in [-0.2, 0) is 15.2 Å². The van der Waals surface area contributed by atoms with E-state index in [4.69, 9.17) is 11.6 Å². The zero-order chi connectivity index (χ0) is 21.2. The summed E-state index contributed by atoms with van der Waals surface area (Å²) < 4.78 is 52.7. The predicted molar refractivity (Wildman–Crippen MR) is 108 cm³/mol. The average molecular weight is 446 g/mol. The van der Waals surface area contributed by atoms with Gasteiger partial charge in [-0.05, 0) is 42.3 Å². The number of aromatic nitrogens is 1. The van der Waals surface area contributed by atoms with Gasteiger partial charge in [-0.1, -0.05) is 11.6 Å². The Labute approximate surface area is 171 Å². The van der Waals surface area contributed by atoms with Crippen molar-refractivity contribution >= 4 is 38.7 Å². The van der Waals surface area contributed by atoms with Crippen LogP contribution in [0.25, 0.3) is 0 Å². The molecule has 0 aliphatic carbocycles. The highest BCUT2D eigenvalue weighted by molar-refractivity contribution is 8.00. The Bertz CT molecular complexity index is 992. The Kier molecular flexibility index (Phi) is 6.09. The van der Waals surface area contributed by atoms with Crippen molar-refractivity contribution in [2.45, 2.75) is 29.2 Å². The molecule has 1 aliphatic heterocycles. The maximum absolute atomic E-state index is 15.3. The van der Waals surface area contributed by atoms with Crippen LogP contribution in [0.3, 0.4) is 0 Å². The van der Waals surface area contributed by atoms with Crippen molar-refractivity contribution in [3.8, 4) is 0 Å². The molecule has 1 aromatic heterocycles. The van der Waals surface area contributed by atoms with E-state index >= 15 is 4.39 Å². The molecule has 2 aromatic rings. The fraction of sp³-hybridized carbons (Fsp3) is 0.316. The molecule has 1 N–H and O–H groups in total. The van der Waals surface area contributed by atoms with Gasteiger partial charge in [-0.25, -0.2) is 9.18 Å². The number of amides is 2. The summed E-state index contributed by atoms with van der Waals surface area (Å²) in [6.07, 6.45) is 1.57. The number of hydrogen-bond acceptors (Lipinski definition) is 3. The van der Waals surface area contributed by atoms with Crippen molar-refractivity contribution < 1.29 is 22.2 Å². The number of hydrogen-bond donors (Lipinski definition) is 1. The van der Waals surface area contributed by atoms with Crippen LogP contribution in [0.1, 0.15) is 18.5 Å². The van der Waals surface area contributed by atoms with E-state index < -0.39 is 27.0 Å². The van der Waals surface area contributed by atoms with Gasteiger partial charge in [0.25, 0.3) is 0 Å². The van der Waals surface area contributed by atoms with Gasteiger partial charge in [0.1, 0.15) is 0 Å². The molecule has 2 amide bonds. The Morgan fingerprint density at radius 1 is 1.24 bits per heavy atom. The summed E-state index contributed by atoms with van der Waals surface area (Å²) in [7, 11) is -3.70. The smallest absolute Gasteiger partial charge is 0.321 e. The number of anilines is 1. The zero-order valence-electron chi connectivity index (χ0n) is 15.3. The number of pyridine rings is 1. The number of rotatable bonds is 4. The maximum atomic E-state index is 15.3. The molecular weight excluding hydrogens is 427 g/mol. The maximum Gasteiger partial charge on any atom is 0.321 e. The number of nitrogens with one attached hydrogen (secondary N) is 1. The first-order valence-electron chi connectivity index (χ1n) is 8.74. The summed E-state index contributed by atoms with van der Waals surface area (Å²) >= 11 is 6.05. The number of alkyl halides is 3. The first-order chi connectivity index (χ1) is 13.6. The number of piperidine rings is 1. The summed E-state index contributed by atoms with van der Waals surface area (Å²) in [5.74, 6) is 0.00184. The van der Waals surface area contributed by atoms with Crippen LogP contribution in [0.4, 0.5) is 23.7 Å². The quantitative estimate of drug-likeness (QED) is 0.703. The standard InChI is InChI=1S/C19H19ClF3N3O2S/c1-29(28,17(21)22)14-6-4-13(5-7-14)25-18(27)26-11-8-19(23,9-12-26)16-15(20)3-2-10-24-16/h2-7,10,17H,1,8-9,11-12H2,(H,25,27). The van der Waals surface area contributed by atoms with Crippen LogP contribution in [0.2, 0.25) is 5.02 Å². The van der Waals surface area contributed by atoms with Gasteiger partial charge in [0.2, 0.25) is 0 Å². The highest BCUT2D eigenvalue weighted by Crippen LogP contribution is 2.39. The number of urea groups is 1. The Morgan fingerprint density at radius 2 is 1.86 bits per heavy atom. The summed E-state index contributed by atoms with van der Waals surface area (Å²) in [5, 5.41) is 2.87. The predicted octanol–water partition coefficient (Wildman–Crippen LogP) is 4.53. The molecule has 2 heterocycles. The van der Waals surface area contributed by atoms with Gasteiger partial charge < -0.3 is 10.2 Å². The van der Waals surface area contributed by atoms with Crippen LogP contribution < -0.4 is 5.32 Å².